The van der Waals surface area contributed by atoms with E-state index < -0.39 is 10.0 Å². The van der Waals surface area contributed by atoms with Gasteiger partial charge in [-0.25, -0.2) is 12.7 Å². The molecule has 0 saturated carbocycles. The molecule has 1 N–H and O–H groups in total. The summed E-state index contributed by atoms with van der Waals surface area (Å²) in [6.07, 6.45) is 1.21. The molecule has 1 atom stereocenters. The highest BCUT2D eigenvalue weighted by molar-refractivity contribution is 7.89. The Hall–Kier alpha value is -0.130. The van der Waals surface area contributed by atoms with Crippen LogP contribution in [0.15, 0.2) is 0 Å². The summed E-state index contributed by atoms with van der Waals surface area (Å²) < 4.78 is 25.2. The van der Waals surface area contributed by atoms with E-state index in [2.05, 4.69) is 0 Å². The molecule has 0 aromatic heterocycles. The van der Waals surface area contributed by atoms with E-state index >= 15 is 0 Å². The molecule has 1 rings (SSSR count). The highest BCUT2D eigenvalue weighted by Gasteiger charge is 2.31. The Morgan fingerprint density at radius 2 is 1.67 bits per heavy atom. The number of piperidine rings is 1. The first-order valence-electron chi connectivity index (χ1n) is 5.52. The number of nitrogens with zero attached hydrogens (tertiary/aromatic N) is 1. The Balaban J connectivity index is 2.58. The normalized spacial score (nSPS) is 23.3. The van der Waals surface area contributed by atoms with Crippen molar-refractivity contribution >= 4 is 10.0 Å². The maximum absolute atomic E-state index is 11.8. The summed E-state index contributed by atoms with van der Waals surface area (Å²) in [5, 5.41) is 9.06. The molecule has 1 saturated heterocycles. The van der Waals surface area contributed by atoms with Gasteiger partial charge in [0.05, 0.1) is 11.4 Å². The second-order valence-corrected chi connectivity index (χ2v) is 7.06. The highest BCUT2D eigenvalue weighted by Crippen LogP contribution is 2.23. The highest BCUT2D eigenvalue weighted by atomic mass is 32.2. The quantitative estimate of drug-likeness (QED) is 0.788. The minimum atomic E-state index is -3.10. The number of hydrogen-bond acceptors (Lipinski definition) is 3. The molecule has 0 aliphatic carbocycles. The molecule has 0 spiro atoms. The SMILES string of the molecule is CC(O)C1CCN(S(=O)(=O)C(C)C)CC1. The molecule has 1 unspecified atom stereocenters. The lowest BCUT2D eigenvalue weighted by molar-refractivity contribution is 0.0910. The van der Waals surface area contributed by atoms with Crippen LogP contribution < -0.4 is 0 Å². The first kappa shape index (κ1) is 12.9. The Bertz CT molecular complexity index is 290. The van der Waals surface area contributed by atoms with Crippen molar-refractivity contribution in [2.75, 3.05) is 13.1 Å². The number of aliphatic hydroxyl groups excluding tert-OH is 1. The molecule has 15 heavy (non-hydrogen) atoms. The van der Waals surface area contributed by atoms with Crippen LogP contribution in [0.2, 0.25) is 0 Å². The van der Waals surface area contributed by atoms with Gasteiger partial charge in [0.25, 0.3) is 0 Å². The molecular formula is C10H21NO3S. The molecular weight excluding hydrogens is 214 g/mol. The van der Waals surface area contributed by atoms with Gasteiger partial charge < -0.3 is 5.11 Å². The lowest BCUT2D eigenvalue weighted by Gasteiger charge is -2.33. The fourth-order valence-electron chi connectivity index (χ4n) is 1.91. The van der Waals surface area contributed by atoms with Crippen molar-refractivity contribution in [1.82, 2.24) is 4.31 Å². The molecule has 4 nitrogen and oxygen atoms in total. The van der Waals surface area contributed by atoms with Gasteiger partial charge in [-0.15, -0.1) is 0 Å². The molecule has 1 fully saturated rings. The third kappa shape index (κ3) is 2.92. The average Bonchev–Trinajstić information content (AvgIpc) is 2.17. The van der Waals surface area contributed by atoms with E-state index in [0.29, 0.717) is 13.1 Å². The van der Waals surface area contributed by atoms with Crippen LogP contribution in [0.5, 0.6) is 0 Å². The van der Waals surface area contributed by atoms with E-state index in [1.54, 1.807) is 25.1 Å². The van der Waals surface area contributed by atoms with Gasteiger partial charge in [-0.05, 0) is 39.5 Å². The minimum Gasteiger partial charge on any atom is -0.393 e. The summed E-state index contributed by atoms with van der Waals surface area (Å²) in [6, 6.07) is 0. The van der Waals surface area contributed by atoms with Crippen LogP contribution in [0.1, 0.15) is 33.6 Å². The summed E-state index contributed by atoms with van der Waals surface area (Å²) in [7, 11) is -3.10. The standard InChI is InChI=1S/C10H21NO3S/c1-8(2)15(13,14)11-6-4-10(5-7-11)9(3)12/h8-10,12H,4-7H2,1-3H3. The van der Waals surface area contributed by atoms with E-state index in [-0.39, 0.29) is 17.3 Å². The fourth-order valence-corrected chi connectivity index (χ4v) is 3.23. The van der Waals surface area contributed by atoms with Gasteiger partial charge in [-0.2, -0.15) is 0 Å². The summed E-state index contributed by atoms with van der Waals surface area (Å²) in [5.41, 5.74) is 0. The summed E-state index contributed by atoms with van der Waals surface area (Å²) >= 11 is 0. The molecule has 0 radical (unpaired) electrons. The third-order valence-electron chi connectivity index (χ3n) is 3.14. The Morgan fingerprint density at radius 3 is 2.00 bits per heavy atom. The van der Waals surface area contributed by atoms with Crippen LogP contribution in [0.3, 0.4) is 0 Å². The van der Waals surface area contributed by atoms with Crippen molar-refractivity contribution in [3.8, 4) is 0 Å². The first-order valence-corrected chi connectivity index (χ1v) is 7.03. The molecule has 1 aliphatic rings. The second-order valence-electron chi connectivity index (χ2n) is 4.57. The van der Waals surface area contributed by atoms with Gasteiger partial charge in [0, 0.05) is 13.1 Å². The molecule has 0 amide bonds. The molecule has 5 heteroatoms. The molecule has 0 bridgehead atoms. The maximum atomic E-state index is 11.8. The van der Waals surface area contributed by atoms with E-state index in [1.165, 1.54) is 0 Å². The Kier molecular flexibility index (Phi) is 4.14. The van der Waals surface area contributed by atoms with Crippen LogP contribution in [-0.4, -0.2) is 42.3 Å². The number of rotatable bonds is 3. The third-order valence-corrected chi connectivity index (χ3v) is 5.41. The zero-order valence-corrected chi connectivity index (χ0v) is 10.5. The van der Waals surface area contributed by atoms with Crippen molar-refractivity contribution in [3.05, 3.63) is 0 Å². The van der Waals surface area contributed by atoms with Crippen molar-refractivity contribution < 1.29 is 13.5 Å². The number of hydrogen-bond donors (Lipinski definition) is 1. The van der Waals surface area contributed by atoms with Gasteiger partial charge in [0.1, 0.15) is 0 Å². The van der Waals surface area contributed by atoms with Crippen LogP contribution in [0, 0.1) is 5.92 Å². The molecule has 0 aromatic rings. The monoisotopic (exact) mass is 235 g/mol. The first-order chi connectivity index (χ1) is 6.85. The Labute approximate surface area is 92.3 Å². The summed E-state index contributed by atoms with van der Waals surface area (Å²) in [5.74, 6) is 0.253. The molecule has 90 valence electrons. The average molecular weight is 235 g/mol. The zero-order chi connectivity index (χ0) is 11.6. The smallest absolute Gasteiger partial charge is 0.216 e. The van der Waals surface area contributed by atoms with Crippen molar-refractivity contribution in [1.29, 1.82) is 0 Å². The predicted octanol–water partition coefficient (Wildman–Crippen LogP) is 0.817. The largest absolute Gasteiger partial charge is 0.393 e. The molecule has 1 aliphatic heterocycles. The van der Waals surface area contributed by atoms with Crippen molar-refractivity contribution in [2.45, 2.75) is 45.0 Å². The van der Waals surface area contributed by atoms with Gasteiger partial charge in [-0.3, -0.25) is 0 Å². The van der Waals surface area contributed by atoms with E-state index in [1.807, 2.05) is 0 Å². The zero-order valence-electron chi connectivity index (χ0n) is 9.68. The lowest BCUT2D eigenvalue weighted by atomic mass is 9.93. The van der Waals surface area contributed by atoms with Crippen molar-refractivity contribution in [2.24, 2.45) is 5.92 Å². The maximum Gasteiger partial charge on any atom is 0.216 e. The summed E-state index contributed by atoms with van der Waals surface area (Å²) in [6.45, 7) is 6.29. The lowest BCUT2D eigenvalue weighted by Crippen LogP contribution is -2.43. The van der Waals surface area contributed by atoms with Crippen LogP contribution >= 0.6 is 0 Å². The number of sulfonamides is 1. The minimum absolute atomic E-state index is 0.253. The Morgan fingerprint density at radius 1 is 1.20 bits per heavy atom. The fraction of sp³-hybridized carbons (Fsp3) is 1.00. The number of aliphatic hydroxyl groups is 1. The predicted molar refractivity (Wildman–Crippen MR) is 60.0 cm³/mol. The van der Waals surface area contributed by atoms with Crippen LogP contribution in [0.4, 0.5) is 0 Å². The van der Waals surface area contributed by atoms with E-state index in [0.717, 1.165) is 12.8 Å². The molecule has 0 aromatic carbocycles. The van der Waals surface area contributed by atoms with Crippen LogP contribution in [0.25, 0.3) is 0 Å². The second kappa shape index (κ2) is 4.80. The van der Waals surface area contributed by atoms with Crippen molar-refractivity contribution in [3.63, 3.8) is 0 Å². The van der Waals surface area contributed by atoms with Crippen LogP contribution in [-0.2, 0) is 10.0 Å². The topological polar surface area (TPSA) is 57.6 Å². The van der Waals surface area contributed by atoms with Gasteiger partial charge in [-0.1, -0.05) is 0 Å². The van der Waals surface area contributed by atoms with Gasteiger partial charge in [0.2, 0.25) is 10.0 Å². The van der Waals surface area contributed by atoms with Gasteiger partial charge in [0.15, 0.2) is 0 Å². The van der Waals surface area contributed by atoms with E-state index in [4.69, 9.17) is 0 Å². The van der Waals surface area contributed by atoms with E-state index in [9.17, 15) is 13.5 Å². The molecule has 1 heterocycles. The summed E-state index contributed by atoms with van der Waals surface area (Å²) in [4.78, 5) is 0. The van der Waals surface area contributed by atoms with Gasteiger partial charge >= 0.3 is 0 Å².